The molecule has 2 aromatic rings. The SMILES string of the molecule is CCN(CC)c1cc(C)c(C(O)c2ccccc2)cn1. The van der Waals surface area contributed by atoms with Gasteiger partial charge in [-0.1, -0.05) is 30.3 Å². The van der Waals surface area contributed by atoms with Gasteiger partial charge in [-0.2, -0.15) is 0 Å². The van der Waals surface area contributed by atoms with Gasteiger partial charge in [0.1, 0.15) is 11.9 Å². The Bertz CT molecular complexity index is 550. The molecule has 0 bridgehead atoms. The third kappa shape index (κ3) is 2.99. The third-order valence-corrected chi connectivity index (χ3v) is 3.63. The third-order valence-electron chi connectivity index (χ3n) is 3.63. The second kappa shape index (κ2) is 6.53. The van der Waals surface area contributed by atoms with E-state index in [1.54, 1.807) is 6.20 Å². The van der Waals surface area contributed by atoms with Crippen molar-refractivity contribution >= 4 is 5.82 Å². The van der Waals surface area contributed by atoms with E-state index < -0.39 is 6.10 Å². The molecule has 0 spiro atoms. The Hall–Kier alpha value is -1.87. The van der Waals surface area contributed by atoms with Crippen LogP contribution in [0.3, 0.4) is 0 Å². The number of pyridine rings is 1. The number of benzene rings is 1. The number of aliphatic hydroxyl groups excluding tert-OH is 1. The van der Waals surface area contributed by atoms with Gasteiger partial charge in [0, 0.05) is 24.8 Å². The van der Waals surface area contributed by atoms with E-state index >= 15 is 0 Å². The summed E-state index contributed by atoms with van der Waals surface area (Å²) in [6, 6.07) is 11.7. The molecule has 1 heterocycles. The summed E-state index contributed by atoms with van der Waals surface area (Å²) in [5.74, 6) is 0.969. The predicted octanol–water partition coefficient (Wildman–Crippen LogP) is 3.32. The largest absolute Gasteiger partial charge is 0.384 e. The van der Waals surface area contributed by atoms with Crippen molar-refractivity contribution in [3.8, 4) is 0 Å². The van der Waals surface area contributed by atoms with E-state index in [0.717, 1.165) is 35.6 Å². The van der Waals surface area contributed by atoms with Gasteiger partial charge in [-0.25, -0.2) is 4.98 Å². The van der Waals surface area contributed by atoms with E-state index in [-0.39, 0.29) is 0 Å². The van der Waals surface area contributed by atoms with Crippen LogP contribution in [0, 0.1) is 6.92 Å². The summed E-state index contributed by atoms with van der Waals surface area (Å²) >= 11 is 0. The molecule has 1 N–H and O–H groups in total. The van der Waals surface area contributed by atoms with Crippen molar-refractivity contribution in [2.45, 2.75) is 26.9 Å². The van der Waals surface area contributed by atoms with E-state index in [9.17, 15) is 5.11 Å². The molecule has 20 heavy (non-hydrogen) atoms. The maximum absolute atomic E-state index is 10.5. The highest BCUT2D eigenvalue weighted by Gasteiger charge is 2.14. The van der Waals surface area contributed by atoms with Crippen LogP contribution in [0.4, 0.5) is 5.82 Å². The maximum Gasteiger partial charge on any atom is 0.128 e. The Morgan fingerprint density at radius 1 is 1.15 bits per heavy atom. The monoisotopic (exact) mass is 270 g/mol. The first-order valence-electron chi connectivity index (χ1n) is 7.11. The lowest BCUT2D eigenvalue weighted by molar-refractivity contribution is 0.219. The minimum Gasteiger partial charge on any atom is -0.384 e. The molecule has 0 amide bonds. The van der Waals surface area contributed by atoms with E-state index in [0.29, 0.717) is 0 Å². The lowest BCUT2D eigenvalue weighted by atomic mass is 9.99. The molecule has 1 unspecified atom stereocenters. The number of hydrogen-bond acceptors (Lipinski definition) is 3. The predicted molar refractivity (Wildman–Crippen MR) is 83.0 cm³/mol. The lowest BCUT2D eigenvalue weighted by Crippen LogP contribution is -2.23. The molecule has 3 heteroatoms. The topological polar surface area (TPSA) is 36.4 Å². The highest BCUT2D eigenvalue weighted by Crippen LogP contribution is 2.26. The van der Waals surface area contributed by atoms with Crippen LogP contribution in [0.5, 0.6) is 0 Å². The number of rotatable bonds is 5. The second-order valence-corrected chi connectivity index (χ2v) is 4.88. The number of nitrogens with zero attached hydrogens (tertiary/aromatic N) is 2. The van der Waals surface area contributed by atoms with Crippen LogP contribution in [0.25, 0.3) is 0 Å². The van der Waals surface area contributed by atoms with Gasteiger partial charge in [0.05, 0.1) is 0 Å². The zero-order valence-corrected chi connectivity index (χ0v) is 12.4. The molecule has 2 rings (SSSR count). The fraction of sp³-hybridized carbons (Fsp3) is 0.353. The van der Waals surface area contributed by atoms with Crippen molar-refractivity contribution in [1.29, 1.82) is 0 Å². The number of aryl methyl sites for hydroxylation is 1. The summed E-state index contributed by atoms with van der Waals surface area (Å²) < 4.78 is 0. The minimum absolute atomic E-state index is 0.616. The van der Waals surface area contributed by atoms with Crippen LogP contribution < -0.4 is 4.90 Å². The Kier molecular flexibility index (Phi) is 4.74. The molecular weight excluding hydrogens is 248 g/mol. The number of aromatic nitrogens is 1. The van der Waals surface area contributed by atoms with Crippen molar-refractivity contribution in [2.75, 3.05) is 18.0 Å². The first-order valence-corrected chi connectivity index (χ1v) is 7.11. The molecule has 1 aromatic heterocycles. The van der Waals surface area contributed by atoms with Crippen LogP contribution in [0.15, 0.2) is 42.6 Å². The minimum atomic E-state index is -0.616. The van der Waals surface area contributed by atoms with Crippen LogP contribution >= 0.6 is 0 Å². The fourth-order valence-corrected chi connectivity index (χ4v) is 2.37. The summed E-state index contributed by atoms with van der Waals surface area (Å²) in [5, 5.41) is 10.5. The summed E-state index contributed by atoms with van der Waals surface area (Å²) in [7, 11) is 0. The molecule has 0 fully saturated rings. The Labute approximate surface area is 120 Å². The maximum atomic E-state index is 10.5. The van der Waals surface area contributed by atoms with Gasteiger partial charge in [0.25, 0.3) is 0 Å². The van der Waals surface area contributed by atoms with E-state index in [1.807, 2.05) is 37.3 Å². The lowest BCUT2D eigenvalue weighted by Gasteiger charge is -2.22. The van der Waals surface area contributed by atoms with Crippen molar-refractivity contribution in [3.05, 3.63) is 59.3 Å². The van der Waals surface area contributed by atoms with Gasteiger partial charge in [0.2, 0.25) is 0 Å². The van der Waals surface area contributed by atoms with Gasteiger partial charge in [-0.3, -0.25) is 0 Å². The quantitative estimate of drug-likeness (QED) is 0.905. The van der Waals surface area contributed by atoms with Crippen LogP contribution in [0.1, 0.15) is 36.6 Å². The smallest absolute Gasteiger partial charge is 0.128 e. The Morgan fingerprint density at radius 2 is 1.80 bits per heavy atom. The number of aliphatic hydroxyl groups is 1. The second-order valence-electron chi connectivity index (χ2n) is 4.88. The standard InChI is InChI=1S/C17H22N2O/c1-4-19(5-2)16-11-13(3)15(12-18-16)17(20)14-9-7-6-8-10-14/h6-12,17,20H,4-5H2,1-3H3. The summed E-state index contributed by atoms with van der Waals surface area (Å²) in [4.78, 5) is 6.69. The number of anilines is 1. The fourth-order valence-electron chi connectivity index (χ4n) is 2.37. The first kappa shape index (κ1) is 14.5. The normalized spacial score (nSPS) is 12.2. The van der Waals surface area contributed by atoms with Gasteiger partial charge < -0.3 is 10.0 Å². The first-order chi connectivity index (χ1) is 9.67. The average molecular weight is 270 g/mol. The summed E-state index contributed by atoms with van der Waals surface area (Å²) in [5.41, 5.74) is 2.83. The zero-order valence-electron chi connectivity index (χ0n) is 12.4. The molecule has 0 saturated carbocycles. The molecule has 1 atom stereocenters. The molecular formula is C17H22N2O. The summed E-state index contributed by atoms with van der Waals surface area (Å²) in [6.07, 6.45) is 1.18. The average Bonchev–Trinajstić information content (AvgIpc) is 2.49. The number of hydrogen-bond donors (Lipinski definition) is 1. The molecule has 0 saturated heterocycles. The molecule has 0 aliphatic carbocycles. The summed E-state index contributed by atoms with van der Waals surface area (Å²) in [6.45, 7) is 8.13. The molecule has 106 valence electrons. The van der Waals surface area contributed by atoms with Crippen molar-refractivity contribution in [1.82, 2.24) is 4.98 Å². The van der Waals surface area contributed by atoms with Crippen molar-refractivity contribution in [2.24, 2.45) is 0 Å². The molecule has 0 aliphatic rings. The van der Waals surface area contributed by atoms with Gasteiger partial charge >= 0.3 is 0 Å². The van der Waals surface area contributed by atoms with E-state index in [4.69, 9.17) is 0 Å². The van der Waals surface area contributed by atoms with Crippen LogP contribution in [-0.2, 0) is 0 Å². The molecule has 0 radical (unpaired) electrons. The molecule has 1 aromatic carbocycles. The van der Waals surface area contributed by atoms with E-state index in [2.05, 4.69) is 29.8 Å². The Balaban J connectivity index is 2.30. The zero-order chi connectivity index (χ0) is 14.5. The van der Waals surface area contributed by atoms with Gasteiger partial charge in [0.15, 0.2) is 0 Å². The molecule has 3 nitrogen and oxygen atoms in total. The van der Waals surface area contributed by atoms with Crippen molar-refractivity contribution in [3.63, 3.8) is 0 Å². The van der Waals surface area contributed by atoms with Crippen LogP contribution in [-0.4, -0.2) is 23.2 Å². The highest BCUT2D eigenvalue weighted by atomic mass is 16.3. The van der Waals surface area contributed by atoms with Gasteiger partial charge in [-0.05, 0) is 38.0 Å². The van der Waals surface area contributed by atoms with Gasteiger partial charge in [-0.15, -0.1) is 0 Å². The Morgan fingerprint density at radius 3 is 2.35 bits per heavy atom. The molecule has 0 aliphatic heterocycles. The highest BCUT2D eigenvalue weighted by molar-refractivity contribution is 5.45. The van der Waals surface area contributed by atoms with Crippen molar-refractivity contribution < 1.29 is 5.11 Å². The van der Waals surface area contributed by atoms with E-state index in [1.165, 1.54) is 0 Å². The van der Waals surface area contributed by atoms with Crippen LogP contribution in [0.2, 0.25) is 0 Å².